The van der Waals surface area contributed by atoms with Gasteiger partial charge in [-0.15, -0.1) is 0 Å². The molecule has 5 nitrogen and oxygen atoms in total. The topological polar surface area (TPSA) is 45.7 Å². The second-order valence-electron chi connectivity index (χ2n) is 6.62. The molecule has 11 heteroatoms. The van der Waals surface area contributed by atoms with Crippen LogP contribution in [0.1, 0.15) is 5.69 Å². The molecule has 0 N–H and O–H groups in total. The molecule has 0 saturated carbocycles. The van der Waals surface area contributed by atoms with Gasteiger partial charge in [-0.1, -0.05) is 18.2 Å². The number of aryl methyl sites for hydroxylation is 1. The van der Waals surface area contributed by atoms with E-state index >= 15 is 0 Å². The highest BCUT2D eigenvalue weighted by atomic mass is 19.4. The summed E-state index contributed by atoms with van der Waals surface area (Å²) < 4.78 is 79.3. The number of halogens is 6. The average molecular weight is 421 g/mol. The van der Waals surface area contributed by atoms with Crippen LogP contribution < -0.4 is 4.90 Å². The van der Waals surface area contributed by atoms with Crippen LogP contribution in [0.15, 0.2) is 30.3 Å². The molecule has 0 aliphatic carbocycles. The summed E-state index contributed by atoms with van der Waals surface area (Å²) in [5.41, 5.74) is 2.37. The Morgan fingerprint density at radius 2 is 1.62 bits per heavy atom. The fraction of sp³-hybridized carbons (Fsp3) is 0.444. The van der Waals surface area contributed by atoms with Crippen molar-refractivity contribution in [3.63, 3.8) is 0 Å². The van der Waals surface area contributed by atoms with Crippen molar-refractivity contribution in [2.75, 3.05) is 31.1 Å². The highest BCUT2D eigenvalue weighted by molar-refractivity contribution is 5.92. The number of hydrogen-bond donors (Lipinski definition) is 0. The first-order chi connectivity index (χ1) is 13.5. The van der Waals surface area contributed by atoms with E-state index in [9.17, 15) is 31.1 Å². The lowest BCUT2D eigenvalue weighted by molar-refractivity contribution is -0.308. The average Bonchev–Trinajstić information content (AvgIpc) is 2.63. The lowest BCUT2D eigenvalue weighted by atomic mass is 10.1. The normalized spacial score (nSPS) is 15.9. The van der Waals surface area contributed by atoms with Gasteiger partial charge in [-0.2, -0.15) is 26.3 Å². The van der Waals surface area contributed by atoms with E-state index in [0.29, 0.717) is 0 Å². The number of carbonyl (C=O) groups is 1. The number of benzene rings is 1. The highest BCUT2D eigenvalue weighted by Gasteiger charge is 2.60. The van der Waals surface area contributed by atoms with Gasteiger partial charge < -0.3 is 14.5 Å². The Bertz CT molecular complexity index is 877. The van der Waals surface area contributed by atoms with Gasteiger partial charge in [0.1, 0.15) is 0 Å². The minimum atomic E-state index is -5.73. The number of piperazine rings is 1. The number of para-hydroxylation sites is 1. The molecule has 29 heavy (non-hydrogen) atoms. The molecule has 1 amide bonds. The van der Waals surface area contributed by atoms with E-state index in [-0.39, 0.29) is 26.2 Å². The quantitative estimate of drug-likeness (QED) is 0.679. The number of hydrogen-bond acceptors (Lipinski definition) is 4. The largest absolute Gasteiger partial charge is 0.434 e. The molecule has 0 spiro atoms. The summed E-state index contributed by atoms with van der Waals surface area (Å²) in [6, 6.07) is 9.23. The molecule has 0 radical (unpaired) electrons. The van der Waals surface area contributed by atoms with E-state index in [4.69, 9.17) is 0 Å². The Hall–Kier alpha value is -2.72. The summed E-state index contributed by atoms with van der Waals surface area (Å²) >= 11 is 0. The SMILES string of the molecule is Cc1cc(N2CCN(C(=O)OC(C(F)(F)F)C(F)(F)F)CC2)c2ccccc2n1. The molecule has 2 aromatic rings. The summed E-state index contributed by atoms with van der Waals surface area (Å²) in [5.74, 6) is 0. The Balaban J connectivity index is 1.70. The van der Waals surface area contributed by atoms with Gasteiger partial charge in [0.25, 0.3) is 6.10 Å². The van der Waals surface area contributed by atoms with Crippen LogP contribution in [0.3, 0.4) is 0 Å². The zero-order chi connectivity index (χ0) is 21.4. The van der Waals surface area contributed by atoms with Crippen molar-refractivity contribution in [1.29, 1.82) is 0 Å². The standard InChI is InChI=1S/C18H17F6N3O2/c1-11-10-14(12-4-2-3-5-13(12)25-11)26-6-8-27(9-7-26)16(28)29-15(17(19,20)21)18(22,23)24/h2-5,10,15H,6-9H2,1H3. The predicted octanol–water partition coefficient (Wildman–Crippen LogP) is 4.30. The molecule has 2 heterocycles. The Labute approximate surface area is 161 Å². The van der Waals surface area contributed by atoms with E-state index in [1.165, 1.54) is 0 Å². The molecule has 3 rings (SSSR count). The second kappa shape index (κ2) is 7.60. The number of ether oxygens (including phenoxy) is 1. The molecule has 158 valence electrons. The van der Waals surface area contributed by atoms with Crippen LogP contribution in [0.25, 0.3) is 10.9 Å². The molecular formula is C18H17F6N3O2. The molecule has 1 fully saturated rings. The number of amides is 1. The smallest absolute Gasteiger partial charge is 0.426 e. The van der Waals surface area contributed by atoms with Crippen LogP contribution in [0.2, 0.25) is 0 Å². The third-order valence-corrected chi connectivity index (χ3v) is 4.51. The minimum absolute atomic E-state index is 0.0725. The van der Waals surface area contributed by atoms with Gasteiger partial charge in [0.2, 0.25) is 0 Å². The zero-order valence-electron chi connectivity index (χ0n) is 15.2. The summed E-state index contributed by atoms with van der Waals surface area (Å²) in [6.45, 7) is 2.13. The summed E-state index contributed by atoms with van der Waals surface area (Å²) in [6.07, 6.45) is -17.3. The van der Waals surface area contributed by atoms with Gasteiger partial charge in [-0.3, -0.25) is 4.98 Å². The number of anilines is 1. The monoisotopic (exact) mass is 421 g/mol. The number of fused-ring (bicyclic) bond motifs is 1. The first-order valence-electron chi connectivity index (χ1n) is 8.67. The maximum Gasteiger partial charge on any atom is 0.434 e. The molecule has 0 unspecified atom stereocenters. The van der Waals surface area contributed by atoms with Crippen LogP contribution in [0.4, 0.5) is 36.8 Å². The number of aromatic nitrogens is 1. The molecule has 0 bridgehead atoms. The molecule has 0 atom stereocenters. The number of nitrogens with zero attached hydrogens (tertiary/aromatic N) is 3. The lowest BCUT2D eigenvalue weighted by Crippen LogP contribution is -2.52. The molecule has 1 aliphatic rings. The van der Waals surface area contributed by atoms with Crippen LogP contribution >= 0.6 is 0 Å². The highest BCUT2D eigenvalue weighted by Crippen LogP contribution is 2.36. The van der Waals surface area contributed by atoms with Crippen LogP contribution in [-0.4, -0.2) is 60.6 Å². The number of pyridine rings is 1. The molecule has 1 aliphatic heterocycles. The van der Waals surface area contributed by atoms with Gasteiger partial charge in [0, 0.05) is 42.9 Å². The summed E-state index contributed by atoms with van der Waals surface area (Å²) in [7, 11) is 0. The van der Waals surface area contributed by atoms with Crippen molar-refractivity contribution >= 4 is 22.7 Å². The first-order valence-corrected chi connectivity index (χ1v) is 8.67. The maximum absolute atomic E-state index is 12.6. The van der Waals surface area contributed by atoms with Crippen LogP contribution in [-0.2, 0) is 4.74 Å². The first kappa shape index (κ1) is 21.0. The van der Waals surface area contributed by atoms with E-state index in [1.54, 1.807) is 0 Å². The maximum atomic E-state index is 12.6. The predicted molar refractivity (Wildman–Crippen MR) is 92.6 cm³/mol. The van der Waals surface area contributed by atoms with Gasteiger partial charge in [-0.05, 0) is 19.1 Å². The van der Waals surface area contributed by atoms with E-state index < -0.39 is 24.5 Å². The van der Waals surface area contributed by atoms with Crippen molar-refractivity contribution in [1.82, 2.24) is 9.88 Å². The fourth-order valence-corrected chi connectivity index (χ4v) is 3.17. The number of carbonyl (C=O) groups excluding carboxylic acids is 1. The summed E-state index contributed by atoms with van der Waals surface area (Å²) in [5, 5.41) is 0.864. The van der Waals surface area contributed by atoms with Crippen molar-refractivity contribution in [2.45, 2.75) is 25.4 Å². The third-order valence-electron chi connectivity index (χ3n) is 4.51. The third kappa shape index (κ3) is 4.65. The van der Waals surface area contributed by atoms with Gasteiger partial charge in [0.05, 0.1) is 5.52 Å². The van der Waals surface area contributed by atoms with Crippen molar-refractivity contribution in [3.05, 3.63) is 36.0 Å². The Morgan fingerprint density at radius 3 is 2.21 bits per heavy atom. The molecule has 1 aromatic carbocycles. The minimum Gasteiger partial charge on any atom is -0.426 e. The van der Waals surface area contributed by atoms with E-state index in [2.05, 4.69) is 9.72 Å². The summed E-state index contributed by atoms with van der Waals surface area (Å²) in [4.78, 5) is 19.1. The van der Waals surface area contributed by atoms with Crippen molar-refractivity contribution < 1.29 is 35.9 Å². The van der Waals surface area contributed by atoms with E-state index in [0.717, 1.165) is 27.2 Å². The van der Waals surface area contributed by atoms with E-state index in [1.807, 2.05) is 42.2 Å². The van der Waals surface area contributed by atoms with Crippen molar-refractivity contribution in [3.8, 4) is 0 Å². The Morgan fingerprint density at radius 1 is 1.03 bits per heavy atom. The molecular weight excluding hydrogens is 404 g/mol. The number of alkyl halides is 6. The van der Waals surface area contributed by atoms with Crippen LogP contribution in [0.5, 0.6) is 0 Å². The van der Waals surface area contributed by atoms with Gasteiger partial charge >= 0.3 is 18.4 Å². The Kier molecular flexibility index (Phi) is 5.50. The lowest BCUT2D eigenvalue weighted by Gasteiger charge is -2.36. The van der Waals surface area contributed by atoms with Crippen molar-refractivity contribution in [2.24, 2.45) is 0 Å². The molecule has 1 aromatic heterocycles. The zero-order valence-corrected chi connectivity index (χ0v) is 15.2. The van der Waals surface area contributed by atoms with Gasteiger partial charge in [0.15, 0.2) is 0 Å². The second-order valence-corrected chi connectivity index (χ2v) is 6.62. The molecule has 1 saturated heterocycles. The van der Waals surface area contributed by atoms with Crippen LogP contribution in [0, 0.1) is 6.92 Å². The number of rotatable bonds is 2. The fourth-order valence-electron chi connectivity index (χ4n) is 3.17. The van der Waals surface area contributed by atoms with Gasteiger partial charge in [-0.25, -0.2) is 4.79 Å².